The Labute approximate surface area is 171 Å². The standard InChI is InChI=1S/C26H18O4/c27-11-29-25-17-9-7-15-5-3-13-1-2-14-4-6-16-8-10-18(26(25)30-12-28)24-22(16)20(14)19(13)21(15)23(17)24/h1-3,5-10,25,27-28H,4,11-12H2. The van der Waals surface area contributed by atoms with Crippen LogP contribution in [0.5, 0.6) is 0 Å². The van der Waals surface area contributed by atoms with Crippen molar-refractivity contribution < 1.29 is 19.7 Å². The summed E-state index contributed by atoms with van der Waals surface area (Å²) in [5.74, 6) is 0.551. The van der Waals surface area contributed by atoms with Gasteiger partial charge in [0.2, 0.25) is 0 Å². The highest BCUT2D eigenvalue weighted by Gasteiger charge is 2.31. The Balaban J connectivity index is 1.89. The van der Waals surface area contributed by atoms with Crippen LogP contribution in [-0.4, -0.2) is 23.8 Å². The summed E-state index contributed by atoms with van der Waals surface area (Å²) >= 11 is 0. The van der Waals surface area contributed by atoms with Crippen molar-refractivity contribution in [2.45, 2.75) is 12.5 Å². The second-order valence-electron chi connectivity index (χ2n) is 8.07. The van der Waals surface area contributed by atoms with Crippen molar-refractivity contribution in [1.82, 2.24) is 0 Å². The van der Waals surface area contributed by atoms with E-state index in [1.54, 1.807) is 0 Å². The molecule has 5 aromatic rings. The van der Waals surface area contributed by atoms with E-state index < -0.39 is 19.7 Å². The maximum atomic E-state index is 9.60. The third-order valence-corrected chi connectivity index (χ3v) is 6.81. The summed E-state index contributed by atoms with van der Waals surface area (Å²) in [6.45, 7) is -0.877. The predicted molar refractivity (Wildman–Crippen MR) is 118 cm³/mol. The number of rotatable bonds is 4. The SMILES string of the molecule is OCOC1=c2ccc3c4c5c(ccc6ccc7ccc(c(c24)c7c65)C1OCO)CC=3. The lowest BCUT2D eigenvalue weighted by atomic mass is 9.79. The molecule has 2 N–H and O–H groups in total. The van der Waals surface area contributed by atoms with Gasteiger partial charge in [-0.15, -0.1) is 0 Å². The van der Waals surface area contributed by atoms with Crippen LogP contribution in [0.25, 0.3) is 54.9 Å². The molecule has 2 aliphatic carbocycles. The quantitative estimate of drug-likeness (QED) is 0.279. The highest BCUT2D eigenvalue weighted by atomic mass is 16.6. The van der Waals surface area contributed by atoms with Crippen LogP contribution in [0.4, 0.5) is 0 Å². The van der Waals surface area contributed by atoms with Crippen LogP contribution in [0.3, 0.4) is 0 Å². The first-order valence-corrected chi connectivity index (χ1v) is 10.2. The molecule has 146 valence electrons. The molecule has 0 spiro atoms. The topological polar surface area (TPSA) is 58.9 Å². The van der Waals surface area contributed by atoms with Gasteiger partial charge in [0.1, 0.15) is 18.7 Å². The zero-order valence-corrected chi connectivity index (χ0v) is 16.1. The average Bonchev–Trinajstić information content (AvgIpc) is 2.79. The van der Waals surface area contributed by atoms with Gasteiger partial charge >= 0.3 is 0 Å². The first kappa shape index (κ1) is 16.6. The van der Waals surface area contributed by atoms with E-state index in [1.807, 2.05) is 0 Å². The zero-order chi connectivity index (χ0) is 20.0. The van der Waals surface area contributed by atoms with E-state index in [1.165, 1.54) is 43.1 Å². The molecular weight excluding hydrogens is 376 g/mol. The molecule has 0 aliphatic heterocycles. The number of ether oxygens (including phenoxy) is 2. The summed E-state index contributed by atoms with van der Waals surface area (Å²) in [4.78, 5) is 0. The van der Waals surface area contributed by atoms with Gasteiger partial charge < -0.3 is 19.7 Å². The highest BCUT2D eigenvalue weighted by Crippen LogP contribution is 2.46. The Morgan fingerprint density at radius 3 is 2.30 bits per heavy atom. The molecule has 0 radical (unpaired) electrons. The molecule has 0 amide bonds. The van der Waals surface area contributed by atoms with E-state index in [2.05, 4.69) is 54.6 Å². The average molecular weight is 394 g/mol. The summed E-state index contributed by atoms with van der Waals surface area (Å²) < 4.78 is 11.5. The predicted octanol–water partition coefficient (Wildman–Crippen LogP) is 3.17. The fourth-order valence-electron chi connectivity index (χ4n) is 5.72. The third-order valence-electron chi connectivity index (χ3n) is 6.81. The number of hydrogen-bond acceptors (Lipinski definition) is 4. The number of aliphatic hydroxyl groups is 2. The molecule has 0 saturated heterocycles. The van der Waals surface area contributed by atoms with Crippen molar-refractivity contribution in [3.8, 4) is 0 Å². The molecule has 5 aromatic carbocycles. The first-order chi connectivity index (χ1) is 14.8. The lowest BCUT2D eigenvalue weighted by molar-refractivity contribution is -0.0492. The molecule has 1 unspecified atom stereocenters. The molecular formula is C26H18O4. The van der Waals surface area contributed by atoms with Gasteiger partial charge in [-0.1, -0.05) is 54.6 Å². The van der Waals surface area contributed by atoms with Crippen molar-refractivity contribution in [3.63, 3.8) is 0 Å². The first-order valence-electron chi connectivity index (χ1n) is 10.2. The fraction of sp³-hybridized carbons (Fsp3) is 0.154. The van der Waals surface area contributed by atoms with Gasteiger partial charge in [0.15, 0.2) is 6.79 Å². The molecule has 1 atom stereocenters. The van der Waals surface area contributed by atoms with Crippen molar-refractivity contribution in [3.05, 3.63) is 70.1 Å². The minimum atomic E-state index is -0.570. The molecule has 0 heterocycles. The molecule has 4 nitrogen and oxygen atoms in total. The highest BCUT2D eigenvalue weighted by molar-refractivity contribution is 6.35. The molecule has 0 bridgehead atoms. The molecule has 0 saturated carbocycles. The number of aliphatic hydroxyl groups excluding tert-OH is 2. The Hall–Kier alpha value is -3.18. The second-order valence-corrected chi connectivity index (χ2v) is 8.07. The van der Waals surface area contributed by atoms with E-state index in [-0.39, 0.29) is 0 Å². The molecule has 0 aromatic heterocycles. The second kappa shape index (κ2) is 5.70. The van der Waals surface area contributed by atoms with Crippen LogP contribution >= 0.6 is 0 Å². The van der Waals surface area contributed by atoms with E-state index in [0.29, 0.717) is 5.76 Å². The van der Waals surface area contributed by atoms with Gasteiger partial charge in [-0.25, -0.2) is 0 Å². The number of benzene rings is 5. The number of hydrogen-bond donors (Lipinski definition) is 2. The summed E-state index contributed by atoms with van der Waals surface area (Å²) in [7, 11) is 0. The maximum absolute atomic E-state index is 9.60. The van der Waals surface area contributed by atoms with Gasteiger partial charge in [-0.2, -0.15) is 0 Å². The van der Waals surface area contributed by atoms with Gasteiger partial charge in [0.05, 0.1) is 0 Å². The molecule has 4 heteroatoms. The van der Waals surface area contributed by atoms with Gasteiger partial charge in [-0.05, 0) is 60.5 Å². The van der Waals surface area contributed by atoms with Crippen LogP contribution < -0.4 is 10.4 Å². The van der Waals surface area contributed by atoms with Gasteiger partial charge in [-0.3, -0.25) is 0 Å². The molecule has 2 aliphatic rings. The van der Waals surface area contributed by atoms with E-state index in [9.17, 15) is 10.2 Å². The van der Waals surface area contributed by atoms with Crippen molar-refractivity contribution in [2.75, 3.05) is 13.6 Å². The Bertz CT molecular complexity index is 1650. The molecule has 0 fully saturated rings. The summed E-state index contributed by atoms with van der Waals surface area (Å²) in [6.07, 6.45) is 2.64. The van der Waals surface area contributed by atoms with Crippen molar-refractivity contribution in [2.24, 2.45) is 0 Å². The molecule has 7 rings (SSSR count). The van der Waals surface area contributed by atoms with Crippen LogP contribution in [0, 0.1) is 0 Å². The van der Waals surface area contributed by atoms with Crippen LogP contribution in [0.2, 0.25) is 0 Å². The lowest BCUT2D eigenvalue weighted by Gasteiger charge is -2.29. The van der Waals surface area contributed by atoms with Crippen LogP contribution in [0.15, 0.2) is 48.5 Å². The van der Waals surface area contributed by atoms with E-state index in [0.717, 1.165) is 28.0 Å². The third kappa shape index (κ3) is 1.83. The largest absolute Gasteiger partial charge is 0.468 e. The maximum Gasteiger partial charge on any atom is 0.186 e. The van der Waals surface area contributed by atoms with Gasteiger partial charge in [0, 0.05) is 10.6 Å². The van der Waals surface area contributed by atoms with Gasteiger partial charge in [0.25, 0.3) is 0 Å². The molecule has 30 heavy (non-hydrogen) atoms. The Morgan fingerprint density at radius 1 is 0.733 bits per heavy atom. The van der Waals surface area contributed by atoms with Crippen LogP contribution in [0.1, 0.15) is 17.2 Å². The fourth-order valence-corrected chi connectivity index (χ4v) is 5.72. The minimum Gasteiger partial charge on any atom is -0.468 e. The summed E-state index contributed by atoms with van der Waals surface area (Å²) in [5.41, 5.74) is 2.31. The minimum absolute atomic E-state index is 0.431. The van der Waals surface area contributed by atoms with E-state index in [4.69, 9.17) is 9.47 Å². The Kier molecular flexibility index (Phi) is 3.15. The van der Waals surface area contributed by atoms with Crippen molar-refractivity contribution >= 4 is 54.9 Å². The zero-order valence-electron chi connectivity index (χ0n) is 16.1. The smallest absolute Gasteiger partial charge is 0.186 e. The normalized spacial score (nSPS) is 17.1. The Morgan fingerprint density at radius 2 is 1.50 bits per heavy atom. The lowest BCUT2D eigenvalue weighted by Crippen LogP contribution is -2.26. The van der Waals surface area contributed by atoms with Crippen molar-refractivity contribution in [1.29, 1.82) is 0 Å². The monoisotopic (exact) mass is 394 g/mol. The van der Waals surface area contributed by atoms with E-state index >= 15 is 0 Å². The summed E-state index contributed by atoms with van der Waals surface area (Å²) in [6, 6.07) is 17.2. The summed E-state index contributed by atoms with van der Waals surface area (Å²) in [5, 5.41) is 31.2. The van der Waals surface area contributed by atoms with Crippen LogP contribution in [-0.2, 0) is 15.9 Å².